The van der Waals surface area contributed by atoms with E-state index in [0.29, 0.717) is 12.5 Å². The third-order valence-electron chi connectivity index (χ3n) is 3.88. The van der Waals surface area contributed by atoms with Crippen molar-refractivity contribution in [1.29, 1.82) is 0 Å². The van der Waals surface area contributed by atoms with Gasteiger partial charge in [0.2, 0.25) is 0 Å². The number of hydrogen-bond acceptors (Lipinski definition) is 4. The lowest BCUT2D eigenvalue weighted by Crippen LogP contribution is -2.54. The molecular weight excluding hydrogens is 292 g/mol. The van der Waals surface area contributed by atoms with Gasteiger partial charge < -0.3 is 15.4 Å². The van der Waals surface area contributed by atoms with Gasteiger partial charge in [0.15, 0.2) is 0 Å². The van der Waals surface area contributed by atoms with Crippen molar-refractivity contribution in [2.45, 2.75) is 31.9 Å². The minimum Gasteiger partial charge on any atom is -0.368 e. The van der Waals surface area contributed by atoms with Crippen LogP contribution in [0.2, 0.25) is 0 Å². The monoisotopic (exact) mass is 316 g/mol. The van der Waals surface area contributed by atoms with Gasteiger partial charge in [-0.2, -0.15) is 5.10 Å². The lowest BCUT2D eigenvalue weighted by molar-refractivity contribution is -0.146. The summed E-state index contributed by atoms with van der Waals surface area (Å²) in [5, 5.41) is 10.4. The van der Waals surface area contributed by atoms with Crippen LogP contribution in [0, 0.1) is 5.92 Å². The van der Waals surface area contributed by atoms with Gasteiger partial charge in [-0.25, -0.2) is 0 Å². The lowest BCUT2D eigenvalue weighted by Gasteiger charge is -2.35. The average molecular weight is 317 g/mol. The van der Waals surface area contributed by atoms with Gasteiger partial charge in [-0.15, -0.1) is 12.4 Å². The molecule has 1 unspecified atom stereocenters. The molecule has 6 nitrogen and oxygen atoms in total. The Hall–Kier alpha value is -1.11. The van der Waals surface area contributed by atoms with E-state index in [1.807, 2.05) is 16.9 Å². The Morgan fingerprint density at radius 1 is 1.52 bits per heavy atom. The Kier molecular flexibility index (Phi) is 7.14. The van der Waals surface area contributed by atoms with Gasteiger partial charge in [-0.3, -0.25) is 9.48 Å². The second-order valence-electron chi connectivity index (χ2n) is 5.49. The first kappa shape index (κ1) is 17.9. The Bertz CT molecular complexity index is 419. The predicted octanol–water partition coefficient (Wildman–Crippen LogP) is 0.826. The van der Waals surface area contributed by atoms with E-state index < -0.39 is 5.60 Å². The first-order chi connectivity index (χ1) is 9.66. The number of hydrogen-bond donors (Lipinski definition) is 2. The first-order valence-electron chi connectivity index (χ1n) is 7.18. The van der Waals surface area contributed by atoms with Gasteiger partial charge in [0.1, 0.15) is 5.60 Å². The molecule has 2 rings (SSSR count). The number of piperidine rings is 1. The fourth-order valence-corrected chi connectivity index (χ4v) is 2.57. The number of carbonyl (C=O) groups excluding carboxylic acids is 1. The molecule has 1 fully saturated rings. The first-order valence-corrected chi connectivity index (χ1v) is 7.18. The normalized spacial score (nSPS) is 18.6. The molecule has 1 saturated heterocycles. The van der Waals surface area contributed by atoms with Crippen LogP contribution in [0.15, 0.2) is 18.5 Å². The van der Waals surface area contributed by atoms with Crippen molar-refractivity contribution in [3.63, 3.8) is 0 Å². The third kappa shape index (κ3) is 4.69. The summed E-state index contributed by atoms with van der Waals surface area (Å²) in [6.07, 6.45) is 5.15. The molecular formula is C14H25ClN4O2. The van der Waals surface area contributed by atoms with E-state index in [9.17, 15) is 4.79 Å². The van der Waals surface area contributed by atoms with Gasteiger partial charge in [0.05, 0.1) is 0 Å². The summed E-state index contributed by atoms with van der Waals surface area (Å²) in [4.78, 5) is 12.4. The van der Waals surface area contributed by atoms with Crippen molar-refractivity contribution < 1.29 is 9.53 Å². The molecule has 1 aromatic rings. The van der Waals surface area contributed by atoms with E-state index in [2.05, 4.69) is 22.7 Å². The number of aromatic nitrogens is 2. The number of ether oxygens (including phenoxy) is 1. The Morgan fingerprint density at radius 2 is 2.24 bits per heavy atom. The number of carbonyl (C=O) groups is 1. The van der Waals surface area contributed by atoms with Gasteiger partial charge >= 0.3 is 0 Å². The second kappa shape index (κ2) is 8.36. The Labute approximate surface area is 132 Å². The van der Waals surface area contributed by atoms with Crippen LogP contribution in [-0.2, 0) is 16.1 Å². The summed E-state index contributed by atoms with van der Waals surface area (Å²) in [6, 6.07) is 1.90. The third-order valence-corrected chi connectivity index (χ3v) is 3.88. The highest BCUT2D eigenvalue weighted by Gasteiger charge is 2.39. The Morgan fingerprint density at radius 3 is 2.81 bits per heavy atom. The molecule has 2 heterocycles. The maximum atomic E-state index is 12.4. The van der Waals surface area contributed by atoms with Crippen LogP contribution in [0.25, 0.3) is 0 Å². The molecule has 0 spiro atoms. The molecule has 1 aliphatic rings. The molecule has 7 heteroatoms. The Balaban J connectivity index is 0.00000220. The van der Waals surface area contributed by atoms with Crippen LogP contribution in [-0.4, -0.2) is 48.0 Å². The molecule has 120 valence electrons. The fourth-order valence-electron chi connectivity index (χ4n) is 2.57. The van der Waals surface area contributed by atoms with E-state index >= 15 is 0 Å². The van der Waals surface area contributed by atoms with Crippen molar-refractivity contribution in [3.05, 3.63) is 18.5 Å². The molecule has 1 amide bonds. The molecule has 2 N–H and O–H groups in total. The van der Waals surface area contributed by atoms with Gasteiger partial charge in [0.25, 0.3) is 5.91 Å². The van der Waals surface area contributed by atoms with Crippen molar-refractivity contribution in [2.75, 3.05) is 26.7 Å². The summed E-state index contributed by atoms with van der Waals surface area (Å²) in [6.45, 7) is 5.18. The van der Waals surface area contributed by atoms with Crippen molar-refractivity contribution in [2.24, 2.45) is 5.92 Å². The minimum atomic E-state index is -0.656. The van der Waals surface area contributed by atoms with Crippen molar-refractivity contribution in [1.82, 2.24) is 20.4 Å². The van der Waals surface area contributed by atoms with Gasteiger partial charge in [-0.05, 0) is 37.9 Å². The van der Waals surface area contributed by atoms with Crippen LogP contribution in [0.3, 0.4) is 0 Å². The molecule has 0 radical (unpaired) electrons. The molecule has 0 aliphatic carbocycles. The molecule has 0 bridgehead atoms. The SMILES string of the molecule is COC1(C(=O)NCC(C)Cn2cccn2)CCNCC1.Cl. The quantitative estimate of drug-likeness (QED) is 0.815. The standard InChI is InChI=1S/C14H24N4O2.ClH/c1-12(11-18-9-3-6-17-18)10-16-13(19)14(20-2)4-7-15-8-5-14;/h3,6,9,12,15H,4-5,7-8,10-11H2,1-2H3,(H,16,19);1H. The van der Waals surface area contributed by atoms with Crippen molar-refractivity contribution in [3.8, 4) is 0 Å². The number of nitrogens with zero attached hydrogens (tertiary/aromatic N) is 2. The average Bonchev–Trinajstić information content (AvgIpc) is 2.98. The van der Waals surface area contributed by atoms with E-state index in [1.165, 1.54) is 0 Å². The highest BCUT2D eigenvalue weighted by molar-refractivity contribution is 5.85. The van der Waals surface area contributed by atoms with E-state index in [0.717, 1.165) is 32.5 Å². The van der Waals surface area contributed by atoms with Crippen LogP contribution >= 0.6 is 12.4 Å². The topological polar surface area (TPSA) is 68.2 Å². The summed E-state index contributed by atoms with van der Waals surface area (Å²) in [5.41, 5.74) is -0.656. The number of amides is 1. The summed E-state index contributed by atoms with van der Waals surface area (Å²) in [7, 11) is 1.62. The van der Waals surface area contributed by atoms with Crippen LogP contribution in [0.5, 0.6) is 0 Å². The zero-order chi connectivity index (χ0) is 14.4. The molecule has 0 aromatic carbocycles. The van der Waals surface area contributed by atoms with Crippen LogP contribution in [0.1, 0.15) is 19.8 Å². The van der Waals surface area contributed by atoms with Gasteiger partial charge in [-0.1, -0.05) is 6.92 Å². The number of rotatable bonds is 6. The molecule has 1 atom stereocenters. The smallest absolute Gasteiger partial charge is 0.252 e. The fraction of sp³-hybridized carbons (Fsp3) is 0.714. The van der Waals surface area contributed by atoms with E-state index in [4.69, 9.17) is 4.74 Å². The largest absolute Gasteiger partial charge is 0.368 e. The highest BCUT2D eigenvalue weighted by atomic mass is 35.5. The van der Waals surface area contributed by atoms with Gasteiger partial charge in [0, 0.05) is 32.6 Å². The summed E-state index contributed by atoms with van der Waals surface area (Å²) >= 11 is 0. The van der Waals surface area contributed by atoms with Crippen LogP contribution in [0.4, 0.5) is 0 Å². The lowest BCUT2D eigenvalue weighted by atomic mass is 9.91. The van der Waals surface area contributed by atoms with Crippen molar-refractivity contribution >= 4 is 18.3 Å². The molecule has 0 saturated carbocycles. The number of nitrogens with one attached hydrogen (secondary N) is 2. The zero-order valence-electron chi connectivity index (χ0n) is 12.7. The summed E-state index contributed by atoms with van der Waals surface area (Å²) < 4.78 is 7.39. The molecule has 1 aliphatic heterocycles. The highest BCUT2D eigenvalue weighted by Crippen LogP contribution is 2.22. The summed E-state index contributed by atoms with van der Waals surface area (Å²) in [5.74, 6) is 0.336. The molecule has 1 aromatic heterocycles. The van der Waals surface area contributed by atoms with E-state index in [1.54, 1.807) is 13.3 Å². The second-order valence-corrected chi connectivity index (χ2v) is 5.49. The van der Waals surface area contributed by atoms with Crippen LogP contribution < -0.4 is 10.6 Å². The maximum Gasteiger partial charge on any atom is 0.252 e. The predicted molar refractivity (Wildman–Crippen MR) is 83.5 cm³/mol. The minimum absolute atomic E-state index is 0. The van der Waals surface area contributed by atoms with E-state index in [-0.39, 0.29) is 18.3 Å². The molecule has 21 heavy (non-hydrogen) atoms. The number of methoxy groups -OCH3 is 1. The number of halogens is 1. The zero-order valence-corrected chi connectivity index (χ0v) is 13.5. The maximum absolute atomic E-state index is 12.4.